The Balaban J connectivity index is 1.57. The number of hydrogen-bond acceptors (Lipinski definition) is 6. The molecule has 2 aromatic heterocycles. The van der Waals surface area contributed by atoms with Gasteiger partial charge in [-0.1, -0.05) is 23.8 Å². The van der Waals surface area contributed by atoms with E-state index in [1.807, 2.05) is 44.4 Å². The number of nitrogens with one attached hydrogen (secondary N) is 2. The fourth-order valence-corrected chi connectivity index (χ4v) is 4.03. The third-order valence-corrected chi connectivity index (χ3v) is 5.55. The number of nitrogens with two attached hydrogens (primary N) is 1. The predicted molar refractivity (Wildman–Crippen MR) is 131 cm³/mol. The first-order chi connectivity index (χ1) is 14.8. The molecule has 0 amide bonds. The number of rotatable bonds is 6. The maximum atomic E-state index is 6.18. The molecule has 4 rings (SSSR count). The number of aromatic nitrogens is 3. The highest BCUT2D eigenvalue weighted by Gasteiger charge is 2.19. The Morgan fingerprint density at radius 1 is 1.23 bits per heavy atom. The molecule has 0 atom stereocenters. The van der Waals surface area contributed by atoms with Crippen molar-refractivity contribution in [3.8, 4) is 11.3 Å². The molecule has 160 valence electrons. The van der Waals surface area contributed by atoms with Gasteiger partial charge in [0.05, 0.1) is 22.6 Å². The lowest BCUT2D eigenvalue weighted by atomic mass is 9.97. The van der Waals surface area contributed by atoms with Gasteiger partial charge >= 0.3 is 0 Å². The van der Waals surface area contributed by atoms with Crippen LogP contribution in [0.4, 0.5) is 17.3 Å². The van der Waals surface area contributed by atoms with Crippen molar-refractivity contribution in [2.45, 2.75) is 45.1 Å². The van der Waals surface area contributed by atoms with Gasteiger partial charge in [0, 0.05) is 46.2 Å². The third kappa shape index (κ3) is 5.55. The molecule has 1 aromatic carbocycles. The van der Waals surface area contributed by atoms with Crippen LogP contribution in [0.2, 0.25) is 5.02 Å². The molecule has 3 aromatic rings. The van der Waals surface area contributed by atoms with Crippen LogP contribution in [-0.2, 0) is 12.8 Å². The number of pyridine rings is 1. The van der Waals surface area contributed by atoms with Gasteiger partial charge in [-0.25, -0.2) is 9.97 Å². The van der Waals surface area contributed by atoms with Crippen molar-refractivity contribution < 1.29 is 0 Å². The van der Waals surface area contributed by atoms with Crippen LogP contribution in [0.15, 0.2) is 42.9 Å². The first-order valence-corrected chi connectivity index (χ1v) is 11.0. The van der Waals surface area contributed by atoms with Crippen LogP contribution in [0, 0.1) is 0 Å². The normalized spacial score (nSPS) is 13.1. The second kappa shape index (κ2) is 8.86. The van der Waals surface area contributed by atoms with Gasteiger partial charge < -0.3 is 16.4 Å². The molecule has 8 heteroatoms. The third-order valence-electron chi connectivity index (χ3n) is 5.06. The number of aryl methyl sites for hydroxylation is 1. The van der Waals surface area contributed by atoms with Crippen molar-refractivity contribution in [2.75, 3.05) is 10.6 Å². The molecule has 0 saturated heterocycles. The van der Waals surface area contributed by atoms with E-state index in [4.69, 9.17) is 34.5 Å². The first kappa shape index (κ1) is 21.6. The van der Waals surface area contributed by atoms with Gasteiger partial charge in [-0.05, 0) is 62.9 Å². The fourth-order valence-electron chi connectivity index (χ4n) is 3.59. The number of benzene rings is 1. The molecular weight excluding hydrogens is 428 g/mol. The highest BCUT2D eigenvalue weighted by atomic mass is 35.5. The van der Waals surface area contributed by atoms with Crippen molar-refractivity contribution >= 4 is 46.1 Å². The van der Waals surface area contributed by atoms with Crippen molar-refractivity contribution in [3.63, 3.8) is 0 Å². The van der Waals surface area contributed by atoms with Gasteiger partial charge in [0.2, 0.25) is 5.95 Å². The van der Waals surface area contributed by atoms with Crippen LogP contribution in [-0.4, -0.2) is 25.5 Å². The molecule has 0 spiro atoms. The Morgan fingerprint density at radius 3 is 2.87 bits per heavy atom. The Bertz CT molecular complexity index is 1130. The Hall–Kier alpha value is -2.61. The average molecular weight is 453 g/mol. The Kier molecular flexibility index (Phi) is 6.18. The Labute approximate surface area is 192 Å². The highest BCUT2D eigenvalue weighted by Crippen LogP contribution is 2.35. The van der Waals surface area contributed by atoms with Gasteiger partial charge in [0.15, 0.2) is 0 Å². The maximum Gasteiger partial charge on any atom is 0.227 e. The molecule has 0 aliphatic carbocycles. The van der Waals surface area contributed by atoms with E-state index in [0.717, 1.165) is 53.0 Å². The minimum absolute atomic E-state index is 0.156. The number of halogens is 1. The van der Waals surface area contributed by atoms with E-state index >= 15 is 0 Å². The molecule has 0 unspecified atom stereocenters. The van der Waals surface area contributed by atoms with E-state index in [2.05, 4.69) is 26.7 Å². The minimum Gasteiger partial charge on any atom is -0.349 e. The van der Waals surface area contributed by atoms with Gasteiger partial charge in [-0.15, -0.1) is 0 Å². The molecular formula is C23H25ClN6S. The first-order valence-electron chi connectivity index (χ1n) is 10.2. The molecule has 31 heavy (non-hydrogen) atoms. The monoisotopic (exact) mass is 452 g/mol. The van der Waals surface area contributed by atoms with Crippen molar-refractivity contribution in [3.05, 3.63) is 59.0 Å². The number of anilines is 3. The summed E-state index contributed by atoms with van der Waals surface area (Å²) in [6.07, 6.45) is 8.95. The summed E-state index contributed by atoms with van der Waals surface area (Å²) in [5.41, 5.74) is 11.5. The largest absolute Gasteiger partial charge is 0.349 e. The molecule has 6 nitrogen and oxygen atoms in total. The zero-order valence-electron chi connectivity index (χ0n) is 17.6. The molecule has 0 fully saturated rings. The standard InChI is InChI=1S/C23H25ClN6S/c1-23(2,25)7-3-4-14-8-17(13-26-11-14)28-22-27-12-15-9-20(31)29-19-10-16(24)5-6-18(19)21(15)30-22/h5-6,8,10-13H,3-4,7,9,25H2,1-2H3,(H,29,31)(H,27,28,30). The lowest BCUT2D eigenvalue weighted by molar-refractivity contribution is 0.459. The van der Waals surface area contributed by atoms with Crippen LogP contribution in [0.3, 0.4) is 0 Å². The van der Waals surface area contributed by atoms with Gasteiger partial charge in [-0.2, -0.15) is 0 Å². The number of fused-ring (bicyclic) bond motifs is 3. The van der Waals surface area contributed by atoms with E-state index < -0.39 is 0 Å². The zero-order valence-corrected chi connectivity index (χ0v) is 19.1. The highest BCUT2D eigenvalue weighted by molar-refractivity contribution is 7.80. The molecule has 0 saturated carbocycles. The average Bonchev–Trinajstić information content (AvgIpc) is 2.82. The topological polar surface area (TPSA) is 88.8 Å². The molecule has 1 aliphatic rings. The number of thiocarbonyl (C=S) groups is 1. The fraction of sp³-hybridized carbons (Fsp3) is 0.304. The molecule has 0 radical (unpaired) electrons. The van der Waals surface area contributed by atoms with Crippen molar-refractivity contribution in [2.24, 2.45) is 5.73 Å². The maximum absolute atomic E-state index is 6.18. The summed E-state index contributed by atoms with van der Waals surface area (Å²) in [5.74, 6) is 0.509. The van der Waals surface area contributed by atoms with Gasteiger partial charge in [-0.3, -0.25) is 4.98 Å². The van der Waals surface area contributed by atoms with Crippen molar-refractivity contribution in [1.29, 1.82) is 0 Å². The smallest absolute Gasteiger partial charge is 0.227 e. The van der Waals surface area contributed by atoms with E-state index in [1.165, 1.54) is 0 Å². The van der Waals surface area contributed by atoms with Crippen LogP contribution >= 0.6 is 23.8 Å². The molecule has 1 aliphatic heterocycles. The number of hydrogen-bond donors (Lipinski definition) is 3. The second-order valence-electron chi connectivity index (χ2n) is 8.53. The lowest BCUT2D eigenvalue weighted by Crippen LogP contribution is -2.31. The zero-order chi connectivity index (χ0) is 22.0. The van der Waals surface area contributed by atoms with Crippen LogP contribution < -0.4 is 16.4 Å². The second-order valence-corrected chi connectivity index (χ2v) is 9.46. The SMILES string of the molecule is CC(C)(N)CCCc1cncc(Nc2ncc3c(n2)-c2ccc(Cl)cc2NC(=S)C3)c1. The molecule has 0 bridgehead atoms. The van der Waals surface area contributed by atoms with Gasteiger partial charge in [0.1, 0.15) is 0 Å². The summed E-state index contributed by atoms with van der Waals surface area (Å²) in [7, 11) is 0. The summed E-state index contributed by atoms with van der Waals surface area (Å²) in [6.45, 7) is 4.10. The van der Waals surface area contributed by atoms with Gasteiger partial charge in [0.25, 0.3) is 0 Å². The molecule has 3 heterocycles. The van der Waals surface area contributed by atoms with Crippen LogP contribution in [0.5, 0.6) is 0 Å². The summed E-state index contributed by atoms with van der Waals surface area (Å²) < 4.78 is 0. The summed E-state index contributed by atoms with van der Waals surface area (Å²) in [4.78, 5) is 14.4. The lowest BCUT2D eigenvalue weighted by Gasteiger charge is -2.17. The predicted octanol–water partition coefficient (Wildman–Crippen LogP) is 5.29. The van der Waals surface area contributed by atoms with Crippen LogP contribution in [0.1, 0.15) is 37.8 Å². The van der Waals surface area contributed by atoms with E-state index in [0.29, 0.717) is 22.4 Å². The van der Waals surface area contributed by atoms with E-state index in [9.17, 15) is 0 Å². The molecule has 4 N–H and O–H groups in total. The van der Waals surface area contributed by atoms with E-state index in [1.54, 1.807) is 6.20 Å². The van der Waals surface area contributed by atoms with Crippen LogP contribution in [0.25, 0.3) is 11.3 Å². The number of nitrogens with zero attached hydrogens (tertiary/aromatic N) is 3. The summed E-state index contributed by atoms with van der Waals surface area (Å²) in [6, 6.07) is 7.75. The summed E-state index contributed by atoms with van der Waals surface area (Å²) in [5, 5.41) is 7.19. The quantitative estimate of drug-likeness (QED) is 0.438. The minimum atomic E-state index is -0.156. The van der Waals surface area contributed by atoms with Crippen molar-refractivity contribution in [1.82, 2.24) is 15.0 Å². The summed E-state index contributed by atoms with van der Waals surface area (Å²) >= 11 is 11.6. The Morgan fingerprint density at radius 2 is 2.06 bits per heavy atom. The van der Waals surface area contributed by atoms with E-state index in [-0.39, 0.29) is 5.54 Å².